The fraction of sp³-hybridized carbons (Fsp3) is 0.478. The van der Waals surface area contributed by atoms with Crippen LogP contribution in [0.3, 0.4) is 0 Å². The zero-order valence-electron chi connectivity index (χ0n) is 18.0. The monoisotopic (exact) mass is 475 g/mol. The number of rotatable bonds is 8. The Hall–Kier alpha value is -3.08. The molecule has 0 saturated heterocycles. The van der Waals surface area contributed by atoms with Crippen LogP contribution >= 0.6 is 0 Å². The Kier molecular flexibility index (Phi) is 4.40. The van der Waals surface area contributed by atoms with Crippen LogP contribution < -0.4 is 4.74 Å². The van der Waals surface area contributed by atoms with E-state index in [1.807, 2.05) is 6.07 Å². The molecule has 2 heterocycles. The number of hydrogen-bond acceptors (Lipinski definition) is 6. The van der Waals surface area contributed by atoms with Crippen LogP contribution in [-0.2, 0) is 17.6 Å². The Morgan fingerprint density at radius 1 is 1.12 bits per heavy atom. The normalized spacial score (nSPS) is 27.4. The number of aliphatic hydroxyl groups is 1. The molecule has 34 heavy (non-hydrogen) atoms. The molecule has 4 aliphatic rings. The SMILES string of the molecule is OC(Cn1cnnn1)(c1ccc(F)cc1F)C(F)(F)C12CC(c3ccc(OC4CC4)nc3)(C1)C2. The third-order valence-corrected chi connectivity index (χ3v) is 7.54. The van der Waals surface area contributed by atoms with Crippen LogP contribution in [0.5, 0.6) is 5.88 Å². The van der Waals surface area contributed by atoms with E-state index in [0.717, 1.165) is 41.5 Å². The van der Waals surface area contributed by atoms with Crippen molar-refractivity contribution >= 4 is 0 Å². The van der Waals surface area contributed by atoms with Crippen molar-refractivity contribution in [3.8, 4) is 5.88 Å². The van der Waals surface area contributed by atoms with Gasteiger partial charge in [-0.2, -0.15) is 0 Å². The van der Waals surface area contributed by atoms with Gasteiger partial charge >= 0.3 is 0 Å². The van der Waals surface area contributed by atoms with Gasteiger partial charge < -0.3 is 9.84 Å². The second-order valence-corrected chi connectivity index (χ2v) is 9.86. The number of tetrazole rings is 1. The maximum atomic E-state index is 16.2. The summed E-state index contributed by atoms with van der Waals surface area (Å²) in [5.41, 5.74) is -4.86. The van der Waals surface area contributed by atoms with E-state index in [4.69, 9.17) is 4.74 Å². The topological polar surface area (TPSA) is 86.0 Å². The highest BCUT2D eigenvalue weighted by Gasteiger charge is 2.82. The molecule has 0 aliphatic heterocycles. The summed E-state index contributed by atoms with van der Waals surface area (Å²) in [5.74, 6) is -5.43. The summed E-state index contributed by atoms with van der Waals surface area (Å²) in [6.07, 6.45) is 5.27. The second kappa shape index (κ2) is 6.97. The number of halogens is 4. The zero-order chi connectivity index (χ0) is 23.8. The number of benzene rings is 1. The van der Waals surface area contributed by atoms with Gasteiger partial charge in [0.25, 0.3) is 5.92 Å². The minimum absolute atomic E-state index is 0.109. The molecule has 1 atom stereocenters. The minimum atomic E-state index is -3.76. The van der Waals surface area contributed by atoms with Crippen LogP contribution in [-0.4, -0.2) is 42.3 Å². The lowest BCUT2D eigenvalue weighted by atomic mass is 9.30. The number of nitrogens with zero attached hydrogens (tertiary/aromatic N) is 5. The van der Waals surface area contributed by atoms with Crippen molar-refractivity contribution in [2.75, 3.05) is 0 Å². The summed E-state index contributed by atoms with van der Waals surface area (Å²) in [6, 6.07) is 5.78. The molecule has 2 bridgehead atoms. The van der Waals surface area contributed by atoms with Crippen LogP contribution in [0.2, 0.25) is 0 Å². The van der Waals surface area contributed by atoms with Gasteiger partial charge in [0, 0.05) is 29.3 Å². The molecule has 1 N–H and O–H groups in total. The Morgan fingerprint density at radius 3 is 2.47 bits per heavy atom. The molecule has 3 aromatic rings. The molecule has 4 aliphatic carbocycles. The van der Waals surface area contributed by atoms with E-state index in [9.17, 15) is 13.9 Å². The molecule has 1 unspecified atom stereocenters. The molecule has 7 nitrogen and oxygen atoms in total. The highest BCUT2D eigenvalue weighted by molar-refractivity contribution is 5.42. The van der Waals surface area contributed by atoms with Crippen molar-refractivity contribution in [3.63, 3.8) is 0 Å². The predicted molar refractivity (Wildman–Crippen MR) is 109 cm³/mol. The first kappa shape index (κ1) is 21.5. The predicted octanol–water partition coefficient (Wildman–Crippen LogP) is 3.53. The fourth-order valence-electron chi connectivity index (χ4n) is 5.65. The number of ether oxygens (including phenoxy) is 1. The van der Waals surface area contributed by atoms with Gasteiger partial charge in [-0.25, -0.2) is 27.2 Å². The molecule has 4 saturated carbocycles. The van der Waals surface area contributed by atoms with Gasteiger partial charge in [0.2, 0.25) is 5.88 Å². The number of alkyl halides is 2. The quantitative estimate of drug-likeness (QED) is 0.502. The van der Waals surface area contributed by atoms with Crippen LogP contribution in [0, 0.1) is 17.0 Å². The molecule has 0 radical (unpaired) electrons. The fourth-order valence-corrected chi connectivity index (χ4v) is 5.65. The Morgan fingerprint density at radius 2 is 1.88 bits per heavy atom. The number of aromatic nitrogens is 5. The summed E-state index contributed by atoms with van der Waals surface area (Å²) in [6.45, 7) is -0.793. The lowest BCUT2D eigenvalue weighted by Gasteiger charge is -2.74. The molecule has 178 valence electrons. The summed E-state index contributed by atoms with van der Waals surface area (Å²) in [7, 11) is 0. The number of pyridine rings is 1. The van der Waals surface area contributed by atoms with Crippen molar-refractivity contribution in [2.24, 2.45) is 5.41 Å². The van der Waals surface area contributed by atoms with E-state index < -0.39 is 46.1 Å². The van der Waals surface area contributed by atoms with Crippen molar-refractivity contribution in [2.45, 2.75) is 61.7 Å². The van der Waals surface area contributed by atoms with E-state index >= 15 is 8.78 Å². The molecule has 1 aromatic carbocycles. The van der Waals surface area contributed by atoms with Crippen molar-refractivity contribution in [3.05, 3.63) is 65.6 Å². The average Bonchev–Trinajstić information content (AvgIpc) is 3.39. The maximum absolute atomic E-state index is 16.2. The highest BCUT2D eigenvalue weighted by atomic mass is 19.3. The standard InChI is InChI=1S/C23H21F4N5O2/c24-15-2-5-17(18(25)7-15)22(33,12-32-13-29-30-31-32)23(26,27)21-9-20(10-21,11-21)14-1-6-19(28-8-14)34-16-3-4-16/h1-2,5-8,13,16,33H,3-4,9-12H2. The van der Waals surface area contributed by atoms with Gasteiger partial charge in [-0.1, -0.05) is 6.07 Å². The lowest BCUT2D eigenvalue weighted by Crippen LogP contribution is -2.76. The van der Waals surface area contributed by atoms with Gasteiger partial charge in [-0.15, -0.1) is 5.10 Å². The van der Waals surface area contributed by atoms with Crippen LogP contribution in [0.1, 0.15) is 43.2 Å². The van der Waals surface area contributed by atoms with Crippen LogP contribution in [0.15, 0.2) is 42.9 Å². The highest BCUT2D eigenvalue weighted by Crippen LogP contribution is 2.80. The molecular weight excluding hydrogens is 454 g/mol. The first-order valence-electron chi connectivity index (χ1n) is 11.1. The summed E-state index contributed by atoms with van der Waals surface area (Å²) in [4.78, 5) is 4.31. The van der Waals surface area contributed by atoms with Crippen molar-refractivity contribution < 1.29 is 27.4 Å². The van der Waals surface area contributed by atoms with Gasteiger partial charge in [0.1, 0.15) is 24.1 Å². The van der Waals surface area contributed by atoms with Crippen molar-refractivity contribution in [1.29, 1.82) is 0 Å². The van der Waals surface area contributed by atoms with Gasteiger partial charge in [0.05, 0.1) is 6.54 Å². The first-order valence-corrected chi connectivity index (χ1v) is 11.1. The molecule has 0 spiro atoms. The van der Waals surface area contributed by atoms with Gasteiger partial charge in [-0.05, 0) is 65.6 Å². The van der Waals surface area contributed by atoms with E-state index in [-0.39, 0.29) is 25.4 Å². The summed E-state index contributed by atoms with van der Waals surface area (Å²) < 4.78 is 67.1. The van der Waals surface area contributed by atoms with Crippen LogP contribution in [0.25, 0.3) is 0 Å². The maximum Gasteiger partial charge on any atom is 0.287 e. The average molecular weight is 475 g/mol. The van der Waals surface area contributed by atoms with E-state index in [1.54, 1.807) is 12.3 Å². The molecule has 2 aromatic heterocycles. The second-order valence-electron chi connectivity index (χ2n) is 9.86. The summed E-state index contributed by atoms with van der Waals surface area (Å²) >= 11 is 0. The van der Waals surface area contributed by atoms with Gasteiger partial charge in [0.15, 0.2) is 5.60 Å². The third-order valence-electron chi connectivity index (χ3n) is 7.54. The molecule has 7 rings (SSSR count). The molecular formula is C23H21F4N5O2. The van der Waals surface area contributed by atoms with E-state index in [1.165, 1.54) is 0 Å². The Labute approximate surface area is 191 Å². The lowest BCUT2D eigenvalue weighted by molar-refractivity contribution is -0.347. The Bertz CT molecular complexity index is 1210. The molecule has 0 amide bonds. The third kappa shape index (κ3) is 2.98. The van der Waals surface area contributed by atoms with E-state index in [2.05, 4.69) is 20.5 Å². The smallest absolute Gasteiger partial charge is 0.287 e. The minimum Gasteiger partial charge on any atom is -0.474 e. The van der Waals surface area contributed by atoms with Gasteiger partial charge in [-0.3, -0.25) is 0 Å². The Balaban J connectivity index is 1.29. The molecule has 11 heteroatoms. The van der Waals surface area contributed by atoms with E-state index in [0.29, 0.717) is 11.9 Å². The van der Waals surface area contributed by atoms with Crippen LogP contribution in [0.4, 0.5) is 17.6 Å². The summed E-state index contributed by atoms with van der Waals surface area (Å²) in [5, 5.41) is 21.8. The largest absolute Gasteiger partial charge is 0.474 e. The first-order chi connectivity index (χ1) is 16.2. The molecule has 4 fully saturated rings. The van der Waals surface area contributed by atoms with Crippen molar-refractivity contribution in [1.82, 2.24) is 25.2 Å². The number of hydrogen-bond donors (Lipinski definition) is 1. The zero-order valence-corrected chi connectivity index (χ0v) is 18.0.